The molecule has 0 spiro atoms. The van der Waals surface area contributed by atoms with E-state index in [0.717, 1.165) is 0 Å². The molecule has 120 valence electrons. The normalized spacial score (nSPS) is 16.4. The molecule has 1 fully saturated rings. The molecule has 2 rings (SSSR count). The van der Waals surface area contributed by atoms with Gasteiger partial charge in [-0.15, -0.1) is 0 Å². The number of aromatic nitrogens is 1. The first-order valence-electron chi connectivity index (χ1n) is 7.80. The summed E-state index contributed by atoms with van der Waals surface area (Å²) >= 11 is 0. The Balaban J connectivity index is 1.82. The van der Waals surface area contributed by atoms with Gasteiger partial charge in [-0.25, -0.2) is 4.79 Å². The monoisotopic (exact) mass is 305 g/mol. The molecular formula is C17H25N2O3+. The lowest BCUT2D eigenvalue weighted by Gasteiger charge is -2.32. The second kappa shape index (κ2) is 6.90. The minimum absolute atomic E-state index is 0.0337. The molecule has 0 bridgehead atoms. The van der Waals surface area contributed by atoms with Crippen LogP contribution >= 0.6 is 0 Å². The Morgan fingerprint density at radius 1 is 1.14 bits per heavy atom. The number of ketones is 1. The molecule has 0 aromatic carbocycles. The molecule has 5 heteroatoms. The van der Waals surface area contributed by atoms with Gasteiger partial charge in [0.2, 0.25) is 12.3 Å². The van der Waals surface area contributed by atoms with Crippen molar-refractivity contribution < 1.29 is 18.9 Å². The average molecular weight is 305 g/mol. The van der Waals surface area contributed by atoms with Crippen molar-refractivity contribution in [2.24, 2.45) is 5.92 Å². The Labute approximate surface area is 131 Å². The topological polar surface area (TPSA) is 50.5 Å². The quantitative estimate of drug-likeness (QED) is 0.804. The molecule has 1 saturated heterocycles. The molecule has 5 nitrogen and oxygen atoms in total. The van der Waals surface area contributed by atoms with Gasteiger partial charge in [-0.05, 0) is 33.6 Å². The molecule has 0 unspecified atom stereocenters. The molecular weight excluding hydrogens is 280 g/mol. The summed E-state index contributed by atoms with van der Waals surface area (Å²) in [5.74, 6) is 0.270. The molecule has 0 atom stereocenters. The first kappa shape index (κ1) is 16.5. The molecule has 1 amide bonds. The summed E-state index contributed by atoms with van der Waals surface area (Å²) in [4.78, 5) is 26.0. The minimum atomic E-state index is -0.478. The van der Waals surface area contributed by atoms with Crippen molar-refractivity contribution in [1.29, 1.82) is 0 Å². The summed E-state index contributed by atoms with van der Waals surface area (Å²) < 4.78 is 7.26. The summed E-state index contributed by atoms with van der Waals surface area (Å²) in [5.41, 5.74) is -0.478. The number of pyridine rings is 1. The van der Waals surface area contributed by atoms with Gasteiger partial charge in [-0.2, -0.15) is 4.57 Å². The zero-order valence-electron chi connectivity index (χ0n) is 13.6. The van der Waals surface area contributed by atoms with Crippen LogP contribution in [-0.2, 0) is 16.1 Å². The molecule has 0 saturated carbocycles. The van der Waals surface area contributed by atoms with Crippen molar-refractivity contribution >= 4 is 11.9 Å². The second-order valence-electron chi connectivity index (χ2n) is 6.76. The smallest absolute Gasteiger partial charge is 0.410 e. The molecule has 1 aromatic rings. The van der Waals surface area contributed by atoms with Gasteiger partial charge in [0.15, 0.2) is 12.4 Å². The van der Waals surface area contributed by atoms with Gasteiger partial charge in [0.25, 0.3) is 0 Å². The first-order valence-corrected chi connectivity index (χ1v) is 7.80. The van der Waals surface area contributed by atoms with E-state index in [9.17, 15) is 9.59 Å². The van der Waals surface area contributed by atoms with Gasteiger partial charge < -0.3 is 9.64 Å². The molecule has 0 radical (unpaired) electrons. The number of ether oxygens (including phenoxy) is 1. The van der Waals surface area contributed by atoms with Crippen LogP contribution in [0.1, 0.15) is 33.6 Å². The summed E-state index contributed by atoms with van der Waals surface area (Å²) in [6, 6.07) is 5.76. The number of likely N-dealkylation sites (tertiary alicyclic amines) is 1. The van der Waals surface area contributed by atoms with Crippen molar-refractivity contribution in [3.8, 4) is 0 Å². The number of amides is 1. The number of hydrogen-bond donors (Lipinski definition) is 0. The van der Waals surface area contributed by atoms with Crippen LogP contribution in [0.25, 0.3) is 0 Å². The zero-order chi connectivity index (χ0) is 16.2. The number of piperidine rings is 1. The molecule has 2 heterocycles. The van der Waals surface area contributed by atoms with E-state index in [4.69, 9.17) is 4.74 Å². The summed E-state index contributed by atoms with van der Waals surface area (Å²) in [6.45, 7) is 7.16. The van der Waals surface area contributed by atoms with Crippen LogP contribution in [0.15, 0.2) is 30.6 Å². The summed E-state index contributed by atoms with van der Waals surface area (Å²) in [6.07, 6.45) is 4.94. The number of nitrogens with zero attached hydrogens (tertiary/aromatic N) is 2. The molecule has 0 aliphatic carbocycles. The fourth-order valence-corrected chi connectivity index (χ4v) is 2.56. The lowest BCUT2D eigenvalue weighted by molar-refractivity contribution is -0.684. The SMILES string of the molecule is CC(C)(C)OC(=O)N1CCC(C(=O)C[n+]2ccccc2)CC1. The third-order valence-electron chi connectivity index (χ3n) is 3.72. The van der Waals surface area contributed by atoms with Crippen LogP contribution in [-0.4, -0.2) is 35.5 Å². The minimum Gasteiger partial charge on any atom is -0.444 e. The van der Waals surface area contributed by atoms with Crippen molar-refractivity contribution in [1.82, 2.24) is 4.90 Å². The largest absolute Gasteiger partial charge is 0.444 e. The van der Waals surface area contributed by atoms with E-state index in [1.54, 1.807) is 4.90 Å². The number of Topliss-reactive ketones (excluding diaryl/α,β-unsaturated/α-hetero) is 1. The van der Waals surface area contributed by atoms with Crippen LogP contribution in [0.2, 0.25) is 0 Å². The molecule has 1 aliphatic rings. The van der Waals surface area contributed by atoms with E-state index >= 15 is 0 Å². The van der Waals surface area contributed by atoms with Gasteiger partial charge in [0.05, 0.1) is 0 Å². The zero-order valence-corrected chi connectivity index (χ0v) is 13.6. The highest BCUT2D eigenvalue weighted by molar-refractivity contribution is 5.80. The maximum atomic E-state index is 12.3. The number of carbonyl (C=O) groups excluding carboxylic acids is 2. The summed E-state index contributed by atoms with van der Waals surface area (Å²) in [7, 11) is 0. The number of carbonyl (C=O) groups is 2. The molecule has 0 N–H and O–H groups in total. The fraction of sp³-hybridized carbons (Fsp3) is 0.588. The first-order chi connectivity index (χ1) is 10.3. The average Bonchev–Trinajstić information content (AvgIpc) is 2.46. The Morgan fingerprint density at radius 2 is 1.73 bits per heavy atom. The van der Waals surface area contributed by atoms with Gasteiger partial charge in [0.1, 0.15) is 5.60 Å². The van der Waals surface area contributed by atoms with Crippen molar-refractivity contribution in [2.45, 2.75) is 45.8 Å². The third-order valence-corrected chi connectivity index (χ3v) is 3.72. The molecule has 22 heavy (non-hydrogen) atoms. The van der Waals surface area contributed by atoms with Crippen molar-refractivity contribution in [3.63, 3.8) is 0 Å². The van der Waals surface area contributed by atoms with E-state index in [0.29, 0.717) is 32.5 Å². The number of hydrogen-bond acceptors (Lipinski definition) is 3. The summed E-state index contributed by atoms with van der Waals surface area (Å²) in [5, 5.41) is 0. The predicted octanol–water partition coefficient (Wildman–Crippen LogP) is 2.19. The molecule has 1 aromatic heterocycles. The highest BCUT2D eigenvalue weighted by atomic mass is 16.6. The Hall–Kier alpha value is -1.91. The fourth-order valence-electron chi connectivity index (χ4n) is 2.56. The standard InChI is InChI=1S/C17H25N2O3/c1-17(2,3)22-16(21)19-11-7-14(8-12-19)15(20)13-18-9-5-4-6-10-18/h4-6,9-10,14H,7-8,11-13H2,1-3H3/q+1. The van der Waals surface area contributed by atoms with Crippen LogP contribution in [0.4, 0.5) is 4.79 Å². The highest BCUT2D eigenvalue weighted by Gasteiger charge is 2.30. The highest BCUT2D eigenvalue weighted by Crippen LogP contribution is 2.20. The van der Waals surface area contributed by atoms with Gasteiger partial charge in [0, 0.05) is 31.1 Å². The second-order valence-corrected chi connectivity index (χ2v) is 6.76. The molecule has 1 aliphatic heterocycles. The van der Waals surface area contributed by atoms with Gasteiger partial charge >= 0.3 is 6.09 Å². The van der Waals surface area contributed by atoms with Crippen molar-refractivity contribution in [2.75, 3.05) is 13.1 Å². The van der Waals surface area contributed by atoms with E-state index in [2.05, 4.69) is 0 Å². The Kier molecular flexibility index (Phi) is 5.16. The van der Waals surface area contributed by atoms with E-state index in [1.165, 1.54) is 0 Å². The number of rotatable bonds is 3. The van der Waals surface area contributed by atoms with Crippen molar-refractivity contribution in [3.05, 3.63) is 30.6 Å². The predicted molar refractivity (Wildman–Crippen MR) is 82.2 cm³/mol. The Bertz CT molecular complexity index is 514. The Morgan fingerprint density at radius 3 is 2.27 bits per heavy atom. The van der Waals surface area contributed by atoms with Gasteiger partial charge in [-0.3, -0.25) is 4.79 Å². The van der Waals surface area contributed by atoms with E-state index in [1.807, 2.05) is 55.9 Å². The lowest BCUT2D eigenvalue weighted by Crippen LogP contribution is -2.45. The maximum Gasteiger partial charge on any atom is 0.410 e. The van der Waals surface area contributed by atoms with Crippen LogP contribution in [0.3, 0.4) is 0 Å². The van der Waals surface area contributed by atoms with Gasteiger partial charge in [-0.1, -0.05) is 6.07 Å². The van der Waals surface area contributed by atoms with Crippen LogP contribution in [0.5, 0.6) is 0 Å². The lowest BCUT2D eigenvalue weighted by atomic mass is 9.92. The maximum absolute atomic E-state index is 12.3. The van der Waals surface area contributed by atoms with Crippen LogP contribution in [0, 0.1) is 5.92 Å². The van der Waals surface area contributed by atoms with Crippen LogP contribution < -0.4 is 4.57 Å². The van der Waals surface area contributed by atoms with E-state index in [-0.39, 0.29) is 17.8 Å². The third kappa shape index (κ3) is 4.83. The van der Waals surface area contributed by atoms with E-state index < -0.39 is 5.60 Å².